The van der Waals surface area contributed by atoms with Crippen LogP contribution < -0.4 is 21.0 Å². The molecule has 8 nitrogen and oxygen atoms in total. The Labute approximate surface area is 155 Å². The van der Waals surface area contributed by atoms with Gasteiger partial charge < -0.3 is 4.74 Å². The van der Waals surface area contributed by atoms with Crippen molar-refractivity contribution in [3.05, 3.63) is 43.7 Å². The average Bonchev–Trinajstić information content (AvgIpc) is 2.60. The largest absolute Gasteiger partial charge is 0.447 e. The topological polar surface area (TPSA) is 78.5 Å². The van der Waals surface area contributed by atoms with Crippen molar-refractivity contribution in [2.24, 2.45) is 14.1 Å². The van der Waals surface area contributed by atoms with Crippen LogP contribution in [0.2, 0.25) is 0 Å². The van der Waals surface area contributed by atoms with Gasteiger partial charge in [-0.2, -0.15) is 4.39 Å². The second kappa shape index (κ2) is 5.88. The number of hydrogen-bond donors (Lipinski definition) is 0. The van der Waals surface area contributed by atoms with Gasteiger partial charge in [0.15, 0.2) is 16.3 Å². The van der Waals surface area contributed by atoms with Gasteiger partial charge in [0.05, 0.1) is 5.69 Å². The van der Waals surface area contributed by atoms with E-state index in [0.717, 1.165) is 28.2 Å². The Morgan fingerprint density at radius 2 is 1.70 bits per heavy atom. The lowest BCUT2D eigenvalue weighted by Gasteiger charge is -2.33. The lowest BCUT2D eigenvalue weighted by Crippen LogP contribution is -2.50. The van der Waals surface area contributed by atoms with Crippen molar-refractivity contribution in [2.45, 2.75) is 12.8 Å². The summed E-state index contributed by atoms with van der Waals surface area (Å²) < 4.78 is 36.2. The van der Waals surface area contributed by atoms with Gasteiger partial charge >= 0.3 is 23.1 Å². The number of fused-ring (bicyclic) bond motifs is 1. The van der Waals surface area contributed by atoms with Crippen LogP contribution in [0.1, 0.15) is 6.92 Å². The SMILES string of the molecule is C#CN1C(=O)C(C)(F)Oc2cc(F)c(-n3c(=O)n(C)c(=S)n(C)c3=O)cc21. The second-order valence-corrected chi connectivity index (χ2v) is 6.23. The summed E-state index contributed by atoms with van der Waals surface area (Å²) in [5, 5.41) is 0. The summed E-state index contributed by atoms with van der Waals surface area (Å²) in [6, 6.07) is 3.68. The number of terminal acetylenes is 1. The molecule has 0 saturated heterocycles. The third kappa shape index (κ3) is 2.57. The van der Waals surface area contributed by atoms with Gasteiger partial charge in [0, 0.05) is 33.1 Å². The Hall–Kier alpha value is -3.26. The molecule has 1 aliphatic heterocycles. The minimum Gasteiger partial charge on any atom is -0.447 e. The number of halogens is 2. The molecule has 1 amide bonds. The lowest BCUT2D eigenvalue weighted by molar-refractivity contribution is -0.148. The number of amides is 1. The standard InChI is InChI=1S/C16H12F2N4O4S/c1-5-21-10-7-9(8(17)6-11(10)26-16(2,18)12(21)23)22-13(24)19(3)15(27)20(4)14(22)25/h1,6-7H,2-4H3. The summed E-state index contributed by atoms with van der Waals surface area (Å²) in [6.07, 6.45) is 5.27. The van der Waals surface area contributed by atoms with Crippen LogP contribution in [0.5, 0.6) is 5.75 Å². The molecule has 1 aliphatic rings. The number of anilines is 1. The van der Waals surface area contributed by atoms with Gasteiger partial charge in [-0.3, -0.25) is 13.9 Å². The molecule has 3 rings (SSSR count). The molecule has 27 heavy (non-hydrogen) atoms. The predicted octanol–water partition coefficient (Wildman–Crippen LogP) is 0.745. The number of carbonyl (C=O) groups excluding carboxylic acids is 1. The van der Waals surface area contributed by atoms with E-state index in [0.29, 0.717) is 9.47 Å². The van der Waals surface area contributed by atoms with Crippen molar-refractivity contribution >= 4 is 23.8 Å². The second-order valence-electron chi connectivity index (χ2n) is 5.86. The monoisotopic (exact) mass is 394 g/mol. The summed E-state index contributed by atoms with van der Waals surface area (Å²) in [5.41, 5.74) is -2.50. The molecule has 0 N–H and O–H groups in total. The molecule has 0 spiro atoms. The van der Waals surface area contributed by atoms with Gasteiger partial charge in [-0.05, 0) is 18.3 Å². The molecule has 1 aromatic carbocycles. The van der Waals surface area contributed by atoms with Crippen LogP contribution in [0.15, 0.2) is 21.7 Å². The fraction of sp³-hybridized carbons (Fsp3) is 0.250. The zero-order valence-corrected chi connectivity index (χ0v) is 15.1. The molecular formula is C16H12F2N4O4S. The van der Waals surface area contributed by atoms with E-state index in [2.05, 4.69) is 0 Å². The van der Waals surface area contributed by atoms with Gasteiger partial charge in [0.1, 0.15) is 5.69 Å². The molecule has 0 fully saturated rings. The van der Waals surface area contributed by atoms with E-state index in [9.17, 15) is 23.2 Å². The summed E-state index contributed by atoms with van der Waals surface area (Å²) in [4.78, 5) is 37.6. The molecular weight excluding hydrogens is 382 g/mol. The quantitative estimate of drug-likeness (QED) is 0.527. The number of rotatable bonds is 1. The van der Waals surface area contributed by atoms with Crippen LogP contribution >= 0.6 is 12.2 Å². The van der Waals surface area contributed by atoms with Crippen molar-refractivity contribution in [1.82, 2.24) is 13.7 Å². The van der Waals surface area contributed by atoms with E-state index in [1.165, 1.54) is 14.1 Å². The van der Waals surface area contributed by atoms with Crippen molar-refractivity contribution < 1.29 is 18.3 Å². The maximum atomic E-state index is 14.7. The third-order valence-corrected chi connectivity index (χ3v) is 4.60. The van der Waals surface area contributed by atoms with E-state index in [4.69, 9.17) is 23.4 Å². The van der Waals surface area contributed by atoms with E-state index < -0.39 is 34.6 Å². The Balaban J connectivity index is 2.39. The van der Waals surface area contributed by atoms with Crippen LogP contribution in [0.3, 0.4) is 0 Å². The molecule has 1 aromatic heterocycles. The molecule has 11 heteroatoms. The third-order valence-electron chi connectivity index (χ3n) is 4.06. The normalized spacial score (nSPS) is 18.7. The Morgan fingerprint density at radius 1 is 1.15 bits per heavy atom. The molecule has 1 atom stereocenters. The fourth-order valence-electron chi connectivity index (χ4n) is 2.62. The van der Waals surface area contributed by atoms with Crippen LogP contribution in [0.4, 0.5) is 14.5 Å². The number of aromatic nitrogens is 3. The molecule has 2 heterocycles. The lowest BCUT2D eigenvalue weighted by atomic mass is 10.1. The first kappa shape index (κ1) is 18.5. The first-order chi connectivity index (χ1) is 12.5. The molecule has 1 unspecified atom stereocenters. The zero-order chi connectivity index (χ0) is 20.3. The Bertz CT molecular complexity index is 1180. The van der Waals surface area contributed by atoms with Crippen molar-refractivity contribution in [3.8, 4) is 23.9 Å². The van der Waals surface area contributed by atoms with Crippen molar-refractivity contribution in [1.29, 1.82) is 0 Å². The number of benzene rings is 1. The number of nitrogens with zero attached hydrogens (tertiary/aromatic N) is 4. The Morgan fingerprint density at radius 3 is 2.22 bits per heavy atom. The van der Waals surface area contributed by atoms with Crippen LogP contribution in [0.25, 0.3) is 5.69 Å². The summed E-state index contributed by atoms with van der Waals surface area (Å²) in [6.45, 7) is 0.830. The van der Waals surface area contributed by atoms with Crippen LogP contribution in [-0.4, -0.2) is 25.5 Å². The number of ether oxygens (including phenoxy) is 1. The maximum Gasteiger partial charge on any atom is 0.338 e. The first-order valence-electron chi connectivity index (χ1n) is 7.43. The van der Waals surface area contributed by atoms with E-state index in [-0.39, 0.29) is 16.2 Å². The highest BCUT2D eigenvalue weighted by Crippen LogP contribution is 2.40. The molecule has 2 aromatic rings. The van der Waals surface area contributed by atoms with Crippen LogP contribution in [0, 0.1) is 23.1 Å². The van der Waals surface area contributed by atoms with Crippen LogP contribution in [-0.2, 0) is 18.9 Å². The van der Waals surface area contributed by atoms with E-state index >= 15 is 0 Å². The predicted molar refractivity (Wildman–Crippen MR) is 93.5 cm³/mol. The van der Waals surface area contributed by atoms with Crippen molar-refractivity contribution in [3.63, 3.8) is 0 Å². The molecule has 140 valence electrons. The van der Waals surface area contributed by atoms with Gasteiger partial charge in [-0.25, -0.2) is 23.4 Å². The summed E-state index contributed by atoms with van der Waals surface area (Å²) in [7, 11) is 2.62. The van der Waals surface area contributed by atoms with Gasteiger partial charge in [0.2, 0.25) is 0 Å². The average molecular weight is 394 g/mol. The van der Waals surface area contributed by atoms with Gasteiger partial charge in [0.25, 0.3) is 0 Å². The molecule has 0 saturated carbocycles. The number of carbonyl (C=O) groups is 1. The smallest absolute Gasteiger partial charge is 0.338 e. The van der Waals surface area contributed by atoms with E-state index in [1.807, 2.05) is 6.04 Å². The molecule has 0 radical (unpaired) electrons. The minimum atomic E-state index is -2.79. The highest BCUT2D eigenvalue weighted by Gasteiger charge is 2.45. The van der Waals surface area contributed by atoms with Gasteiger partial charge in [-0.15, -0.1) is 0 Å². The minimum absolute atomic E-state index is 0.0726. The number of alkyl halides is 1. The van der Waals surface area contributed by atoms with Gasteiger partial charge in [-0.1, -0.05) is 6.42 Å². The maximum absolute atomic E-state index is 14.7. The van der Waals surface area contributed by atoms with E-state index in [1.54, 1.807) is 0 Å². The summed E-state index contributed by atoms with van der Waals surface area (Å²) >= 11 is 4.97. The Kier molecular flexibility index (Phi) is 4.04. The van der Waals surface area contributed by atoms with Crippen molar-refractivity contribution in [2.75, 3.05) is 4.90 Å². The molecule has 0 aliphatic carbocycles. The fourth-order valence-corrected chi connectivity index (χ4v) is 2.78. The highest BCUT2D eigenvalue weighted by atomic mass is 32.1. The summed E-state index contributed by atoms with van der Waals surface area (Å²) in [5.74, 6) is -5.42. The highest BCUT2D eigenvalue weighted by molar-refractivity contribution is 7.71. The molecule has 0 bridgehead atoms. The zero-order valence-electron chi connectivity index (χ0n) is 14.3. The number of hydrogen-bond acceptors (Lipinski definition) is 5. The first-order valence-corrected chi connectivity index (χ1v) is 7.83.